The monoisotopic (exact) mass is 216 g/mol. The summed E-state index contributed by atoms with van der Waals surface area (Å²) in [4.78, 5) is 15.7. The molecular weight excluding hydrogens is 204 g/mol. The molecule has 0 aliphatic rings. The first-order valence-electron chi connectivity index (χ1n) is 4.99. The van der Waals surface area contributed by atoms with Crippen LogP contribution in [0.25, 0.3) is 0 Å². The molecule has 2 rings (SSSR count). The number of aromatic nitrogens is 1. The average Bonchev–Trinajstić information content (AvgIpc) is 2.74. The van der Waals surface area contributed by atoms with Gasteiger partial charge < -0.3 is 9.73 Å². The number of pyridine rings is 1. The van der Waals surface area contributed by atoms with Gasteiger partial charge in [-0.2, -0.15) is 0 Å². The Morgan fingerprint density at radius 2 is 2.38 bits per heavy atom. The molecule has 2 aromatic heterocycles. The average molecular weight is 216 g/mol. The lowest BCUT2D eigenvalue weighted by atomic mass is 10.3. The molecule has 1 amide bonds. The maximum atomic E-state index is 11.6. The van der Waals surface area contributed by atoms with Crippen LogP contribution in [0.4, 0.5) is 0 Å². The van der Waals surface area contributed by atoms with Crippen LogP contribution in [0.5, 0.6) is 0 Å². The van der Waals surface area contributed by atoms with Gasteiger partial charge in [0.1, 0.15) is 0 Å². The van der Waals surface area contributed by atoms with E-state index in [1.54, 1.807) is 18.5 Å². The quantitative estimate of drug-likeness (QED) is 0.852. The van der Waals surface area contributed by atoms with Crippen LogP contribution in [0.3, 0.4) is 0 Å². The number of carbonyl (C=O) groups is 1. The Hall–Kier alpha value is -2.10. The number of hydrogen-bond donors (Lipinski definition) is 1. The van der Waals surface area contributed by atoms with Crippen LogP contribution in [0, 0.1) is 6.92 Å². The van der Waals surface area contributed by atoms with Gasteiger partial charge in [-0.25, -0.2) is 0 Å². The summed E-state index contributed by atoms with van der Waals surface area (Å²) in [5, 5.41) is 2.73. The summed E-state index contributed by atoms with van der Waals surface area (Å²) in [5.41, 5.74) is 1.75. The Kier molecular flexibility index (Phi) is 3.00. The highest BCUT2D eigenvalue weighted by Gasteiger charge is 2.09. The first-order valence-corrected chi connectivity index (χ1v) is 4.99. The van der Waals surface area contributed by atoms with Crippen molar-refractivity contribution >= 4 is 5.91 Å². The minimum Gasteiger partial charge on any atom is -0.459 e. The third-order valence-electron chi connectivity index (χ3n) is 2.11. The molecule has 0 unspecified atom stereocenters. The fraction of sp³-hybridized carbons (Fsp3) is 0.167. The van der Waals surface area contributed by atoms with Gasteiger partial charge >= 0.3 is 0 Å². The molecule has 4 heteroatoms. The van der Waals surface area contributed by atoms with E-state index in [0.717, 1.165) is 11.3 Å². The van der Waals surface area contributed by atoms with Crippen LogP contribution in [-0.4, -0.2) is 10.9 Å². The van der Waals surface area contributed by atoms with E-state index in [-0.39, 0.29) is 5.91 Å². The highest BCUT2D eigenvalue weighted by atomic mass is 16.3. The van der Waals surface area contributed by atoms with E-state index in [0.29, 0.717) is 12.3 Å². The number of amides is 1. The maximum absolute atomic E-state index is 11.6. The van der Waals surface area contributed by atoms with Gasteiger partial charge in [0.25, 0.3) is 5.91 Å². The van der Waals surface area contributed by atoms with Gasteiger partial charge in [0.2, 0.25) is 0 Å². The Labute approximate surface area is 93.3 Å². The highest BCUT2D eigenvalue weighted by molar-refractivity contribution is 5.91. The first kappa shape index (κ1) is 10.4. The van der Waals surface area contributed by atoms with Crippen molar-refractivity contribution in [3.05, 3.63) is 53.7 Å². The van der Waals surface area contributed by atoms with Crippen LogP contribution in [0.2, 0.25) is 0 Å². The lowest BCUT2D eigenvalue weighted by molar-refractivity contribution is 0.0922. The van der Waals surface area contributed by atoms with Crippen molar-refractivity contribution in [2.75, 3.05) is 0 Å². The Morgan fingerprint density at radius 1 is 1.50 bits per heavy atom. The van der Waals surface area contributed by atoms with Gasteiger partial charge in [0.05, 0.1) is 18.5 Å². The molecule has 0 radical (unpaired) electrons. The van der Waals surface area contributed by atoms with Crippen molar-refractivity contribution in [1.29, 1.82) is 0 Å². The van der Waals surface area contributed by atoms with E-state index in [4.69, 9.17) is 4.42 Å². The van der Waals surface area contributed by atoms with Gasteiger partial charge in [-0.15, -0.1) is 0 Å². The summed E-state index contributed by atoms with van der Waals surface area (Å²) >= 11 is 0. The predicted molar refractivity (Wildman–Crippen MR) is 58.9 cm³/mol. The summed E-state index contributed by atoms with van der Waals surface area (Å²) in [5.74, 6) is 0.104. The van der Waals surface area contributed by atoms with Crippen LogP contribution in [0.15, 0.2) is 41.1 Å². The van der Waals surface area contributed by atoms with E-state index in [9.17, 15) is 4.79 Å². The van der Waals surface area contributed by atoms with Crippen LogP contribution < -0.4 is 5.32 Å². The molecule has 0 aliphatic carbocycles. The van der Waals surface area contributed by atoms with Crippen molar-refractivity contribution in [1.82, 2.24) is 10.3 Å². The lowest BCUT2D eigenvalue weighted by Crippen LogP contribution is -2.22. The van der Waals surface area contributed by atoms with E-state index in [1.165, 1.54) is 0 Å². The Morgan fingerprint density at radius 3 is 3.00 bits per heavy atom. The van der Waals surface area contributed by atoms with E-state index < -0.39 is 0 Å². The van der Waals surface area contributed by atoms with Crippen molar-refractivity contribution in [2.24, 2.45) is 0 Å². The Balaban J connectivity index is 1.94. The molecule has 0 spiro atoms. The normalized spacial score (nSPS) is 10.1. The fourth-order valence-electron chi connectivity index (χ4n) is 1.31. The highest BCUT2D eigenvalue weighted by Crippen LogP contribution is 2.06. The SMILES string of the molecule is Cc1coc(C(=O)NCc2ccccn2)c1. The molecule has 0 aromatic carbocycles. The zero-order chi connectivity index (χ0) is 11.4. The largest absolute Gasteiger partial charge is 0.459 e. The molecule has 0 atom stereocenters. The summed E-state index contributed by atoms with van der Waals surface area (Å²) in [6.07, 6.45) is 3.24. The third kappa shape index (κ3) is 2.48. The summed E-state index contributed by atoms with van der Waals surface area (Å²) in [7, 11) is 0. The molecule has 0 aliphatic heterocycles. The first-order chi connectivity index (χ1) is 7.75. The number of furan rings is 1. The molecule has 2 aromatic rings. The van der Waals surface area contributed by atoms with Gasteiger partial charge in [0, 0.05) is 6.20 Å². The van der Waals surface area contributed by atoms with Crippen molar-refractivity contribution < 1.29 is 9.21 Å². The van der Waals surface area contributed by atoms with Gasteiger partial charge in [-0.3, -0.25) is 9.78 Å². The minimum absolute atomic E-state index is 0.223. The second-order valence-corrected chi connectivity index (χ2v) is 3.49. The fourth-order valence-corrected chi connectivity index (χ4v) is 1.31. The Bertz CT molecular complexity index is 477. The molecule has 4 nitrogen and oxygen atoms in total. The summed E-state index contributed by atoms with van der Waals surface area (Å²) < 4.78 is 5.08. The number of nitrogens with zero attached hydrogens (tertiary/aromatic N) is 1. The van der Waals surface area contributed by atoms with Gasteiger partial charge in [0.15, 0.2) is 5.76 Å². The van der Waals surface area contributed by atoms with Crippen molar-refractivity contribution in [2.45, 2.75) is 13.5 Å². The van der Waals surface area contributed by atoms with E-state index >= 15 is 0 Å². The standard InChI is InChI=1S/C12H12N2O2/c1-9-6-11(16-8-9)12(15)14-7-10-4-2-3-5-13-10/h2-6,8H,7H2,1H3,(H,14,15). The summed E-state index contributed by atoms with van der Waals surface area (Å²) in [6, 6.07) is 7.27. The van der Waals surface area contributed by atoms with Crippen LogP contribution in [-0.2, 0) is 6.54 Å². The number of rotatable bonds is 3. The molecule has 0 saturated carbocycles. The van der Waals surface area contributed by atoms with Gasteiger partial charge in [-0.1, -0.05) is 6.07 Å². The predicted octanol–water partition coefficient (Wildman–Crippen LogP) is 1.91. The molecule has 1 N–H and O–H groups in total. The van der Waals surface area contributed by atoms with Crippen LogP contribution >= 0.6 is 0 Å². The number of aryl methyl sites for hydroxylation is 1. The maximum Gasteiger partial charge on any atom is 0.287 e. The number of nitrogens with one attached hydrogen (secondary N) is 1. The lowest BCUT2D eigenvalue weighted by Gasteiger charge is -2.01. The molecule has 2 heterocycles. The van der Waals surface area contributed by atoms with Crippen molar-refractivity contribution in [3.63, 3.8) is 0 Å². The molecule has 16 heavy (non-hydrogen) atoms. The zero-order valence-electron chi connectivity index (χ0n) is 8.93. The van der Waals surface area contributed by atoms with Crippen molar-refractivity contribution in [3.8, 4) is 0 Å². The van der Waals surface area contributed by atoms with E-state index in [2.05, 4.69) is 10.3 Å². The molecule has 82 valence electrons. The second-order valence-electron chi connectivity index (χ2n) is 3.49. The molecule has 0 saturated heterocycles. The molecular formula is C12H12N2O2. The number of carbonyl (C=O) groups excluding carboxylic acids is 1. The van der Waals surface area contributed by atoms with Gasteiger partial charge in [-0.05, 0) is 30.7 Å². The smallest absolute Gasteiger partial charge is 0.287 e. The third-order valence-corrected chi connectivity index (χ3v) is 2.11. The van der Waals surface area contributed by atoms with E-state index in [1.807, 2.05) is 25.1 Å². The number of hydrogen-bond acceptors (Lipinski definition) is 3. The summed E-state index contributed by atoms with van der Waals surface area (Å²) in [6.45, 7) is 2.28. The molecule has 0 bridgehead atoms. The zero-order valence-corrected chi connectivity index (χ0v) is 8.93. The second kappa shape index (κ2) is 4.61. The minimum atomic E-state index is -0.223. The topological polar surface area (TPSA) is 55.1 Å². The molecule has 0 fully saturated rings. The van der Waals surface area contributed by atoms with Crippen LogP contribution in [0.1, 0.15) is 21.8 Å².